The molecule has 10 nitrogen and oxygen atoms in total. The summed E-state index contributed by atoms with van der Waals surface area (Å²) in [6.45, 7) is 8.61. The van der Waals surface area contributed by atoms with Crippen LogP contribution in [0.3, 0.4) is 0 Å². The molecule has 76 heavy (non-hydrogen) atoms. The summed E-state index contributed by atoms with van der Waals surface area (Å²) in [6.07, 6.45) is -0.912. The highest BCUT2D eigenvalue weighted by molar-refractivity contribution is 5.67. The molecule has 1 saturated heterocycles. The highest BCUT2D eigenvalue weighted by Crippen LogP contribution is 2.48. The Hall–Kier alpha value is -4.82. The van der Waals surface area contributed by atoms with Crippen LogP contribution in [0.25, 0.3) is 0 Å². The smallest absolute Gasteiger partial charge is 0.407 e. The van der Waals surface area contributed by atoms with E-state index in [1.807, 2.05) is 13.8 Å². The van der Waals surface area contributed by atoms with E-state index in [1.54, 1.807) is 6.92 Å². The molecule has 1 heterocycles. The predicted octanol–water partition coefficient (Wildman–Crippen LogP) is 11.6. The lowest BCUT2D eigenvalue weighted by molar-refractivity contribution is -0.0784. The van der Waals surface area contributed by atoms with Crippen LogP contribution >= 0.6 is 0 Å². The van der Waals surface area contributed by atoms with E-state index < -0.39 is 178 Å². The number of halogens is 15. The highest BCUT2D eigenvalue weighted by atomic mass is 19.2. The van der Waals surface area contributed by atoms with Gasteiger partial charge in [-0.1, -0.05) is 33.8 Å². The monoisotopic (exact) mass is 1110 g/mol. The second kappa shape index (κ2) is 25.8. The van der Waals surface area contributed by atoms with Crippen molar-refractivity contribution in [3.63, 3.8) is 0 Å². The lowest BCUT2D eigenvalue weighted by Gasteiger charge is -2.50. The molecule has 3 aliphatic rings. The fourth-order valence-corrected chi connectivity index (χ4v) is 10.2. The molecule has 6 rings (SSSR count). The van der Waals surface area contributed by atoms with E-state index in [2.05, 4.69) is 18.8 Å². The van der Waals surface area contributed by atoms with Crippen molar-refractivity contribution in [3.05, 3.63) is 123 Å². The first-order valence-corrected chi connectivity index (χ1v) is 24.0. The largest absolute Gasteiger partial charge is 0.466 e. The lowest BCUT2D eigenvalue weighted by Crippen LogP contribution is -2.52. The van der Waals surface area contributed by atoms with Crippen molar-refractivity contribution in [1.82, 2.24) is 10.2 Å². The van der Waals surface area contributed by atoms with Crippen LogP contribution in [0.4, 0.5) is 70.7 Å². The van der Waals surface area contributed by atoms with Crippen LogP contribution in [0.2, 0.25) is 0 Å². The van der Waals surface area contributed by atoms with E-state index in [-0.39, 0.29) is 63.5 Å². The summed E-state index contributed by atoms with van der Waals surface area (Å²) >= 11 is 0. The molecule has 0 aromatic heterocycles. The van der Waals surface area contributed by atoms with Gasteiger partial charge in [-0.15, -0.1) is 0 Å². The standard InChI is InChI=1S/C51H56F15N2O8/c1-24(73-21-32-38(56)44(62)48(66)45(63)39(32)57)14-70-16-26-7-6-8-27(9-26)17-71-18-29(19-72-20-31-36(54)42(60)47(65)43(61)37(31)55)76-49(69)67-23-51(5)11-28(10-50(3,4)22-51)68(13-33-74-15-25(2)75-33)12-30-34(52)40(58)46(64)41(59)35(30)53/h24,26-29,33H,1-2,6-23H2,3-5H3,(H,67,69). The average Bonchev–Trinajstić information content (AvgIpc) is 3.79. The predicted molar refractivity (Wildman–Crippen MR) is 238 cm³/mol. The second-order valence-corrected chi connectivity index (χ2v) is 20.5. The van der Waals surface area contributed by atoms with Crippen molar-refractivity contribution in [3.8, 4) is 0 Å². The van der Waals surface area contributed by atoms with Crippen molar-refractivity contribution in [2.24, 2.45) is 22.7 Å². The van der Waals surface area contributed by atoms with E-state index in [4.69, 9.17) is 33.2 Å². The number of amides is 1. The van der Waals surface area contributed by atoms with E-state index in [0.29, 0.717) is 38.5 Å². The summed E-state index contributed by atoms with van der Waals surface area (Å²) < 4.78 is 251. The third-order valence-electron chi connectivity index (χ3n) is 13.5. The van der Waals surface area contributed by atoms with Gasteiger partial charge in [0, 0.05) is 37.9 Å². The summed E-state index contributed by atoms with van der Waals surface area (Å²) in [5, 5.41) is 2.66. The Balaban J connectivity index is 1.07. The Morgan fingerprint density at radius 3 is 1.64 bits per heavy atom. The molecule has 423 valence electrons. The number of nitrogens with one attached hydrogen (secondary N) is 1. The van der Waals surface area contributed by atoms with Crippen LogP contribution in [-0.4, -0.2) is 88.3 Å². The SMILES string of the molecule is [CH2]C(COCC1CCCC(COCC(COCc2c(F)c(F)c(F)c(F)c2F)OC(=O)NCC2(C)CC(N(Cc3c(F)c(F)c(F)c(F)c3F)CC3OCC(=C)O3)CC(C)(C)C2)C1)OCc1c(F)c(F)c(F)c(F)c1F. The summed E-state index contributed by atoms with van der Waals surface area (Å²) in [7, 11) is 0. The maximum absolute atomic E-state index is 15.1. The first kappa shape index (κ1) is 60.4. The van der Waals surface area contributed by atoms with Crippen molar-refractivity contribution in [2.45, 2.75) is 110 Å². The van der Waals surface area contributed by atoms with E-state index in [0.717, 1.165) is 0 Å². The number of hydrogen-bond donors (Lipinski definition) is 1. The normalized spacial score (nSPS) is 22.5. The van der Waals surface area contributed by atoms with Gasteiger partial charge in [0.2, 0.25) is 23.7 Å². The van der Waals surface area contributed by atoms with Gasteiger partial charge in [-0.3, -0.25) is 4.90 Å². The zero-order chi connectivity index (χ0) is 56.0. The van der Waals surface area contributed by atoms with Crippen LogP contribution in [0.1, 0.15) is 82.4 Å². The Labute approximate surface area is 428 Å². The third-order valence-corrected chi connectivity index (χ3v) is 13.5. The minimum Gasteiger partial charge on any atom is -0.466 e. The lowest BCUT2D eigenvalue weighted by atomic mass is 9.62. The van der Waals surface area contributed by atoms with Crippen LogP contribution in [0.15, 0.2) is 12.3 Å². The number of rotatable bonds is 23. The van der Waals surface area contributed by atoms with E-state index in [9.17, 15) is 61.9 Å². The Kier molecular flexibility index (Phi) is 20.5. The molecule has 1 N–H and O–H groups in total. The minimum atomic E-state index is -2.38. The van der Waals surface area contributed by atoms with Crippen molar-refractivity contribution < 1.29 is 104 Å². The molecule has 2 saturated carbocycles. The zero-order valence-electron chi connectivity index (χ0n) is 41.5. The second-order valence-electron chi connectivity index (χ2n) is 20.5. The fourth-order valence-electron chi connectivity index (χ4n) is 10.2. The maximum Gasteiger partial charge on any atom is 0.407 e. The maximum atomic E-state index is 15.1. The van der Waals surface area contributed by atoms with E-state index in [1.165, 1.54) is 4.90 Å². The Morgan fingerprint density at radius 2 is 1.13 bits per heavy atom. The van der Waals surface area contributed by atoms with Crippen LogP contribution in [0.5, 0.6) is 0 Å². The molecule has 7 atom stereocenters. The zero-order valence-corrected chi connectivity index (χ0v) is 41.5. The fraction of sp³-hybridized carbons (Fsp3) is 0.569. The number of benzene rings is 3. The number of alkyl carbamates (subject to hydrolysis) is 1. The summed E-state index contributed by atoms with van der Waals surface area (Å²) in [6, 6.07) is -0.640. The van der Waals surface area contributed by atoms with Crippen LogP contribution < -0.4 is 5.32 Å². The quantitative estimate of drug-likeness (QED) is 0.0566. The molecule has 3 fully saturated rings. The molecular weight excluding hydrogens is 1050 g/mol. The summed E-state index contributed by atoms with van der Waals surface area (Å²) in [5.74, 6) is -32.2. The molecule has 3 aromatic rings. The number of carbonyl (C=O) groups is 1. The first-order chi connectivity index (χ1) is 35.7. The Morgan fingerprint density at radius 1 is 0.658 bits per heavy atom. The Bertz CT molecular complexity index is 2490. The summed E-state index contributed by atoms with van der Waals surface area (Å²) in [4.78, 5) is 15.0. The van der Waals surface area contributed by atoms with Crippen molar-refractivity contribution in [1.29, 1.82) is 0 Å². The topological polar surface area (TPSA) is 97.0 Å². The molecular formula is C51H56F15N2O8. The molecule has 7 unspecified atom stereocenters. The van der Waals surface area contributed by atoms with Gasteiger partial charge in [0.1, 0.15) is 12.4 Å². The molecule has 0 bridgehead atoms. The van der Waals surface area contributed by atoms with Gasteiger partial charge in [-0.05, 0) is 68.1 Å². The number of nitrogens with zero attached hydrogens (tertiary/aromatic N) is 1. The van der Waals surface area contributed by atoms with Gasteiger partial charge in [0.05, 0.1) is 56.8 Å². The van der Waals surface area contributed by atoms with Gasteiger partial charge < -0.3 is 38.5 Å². The third kappa shape index (κ3) is 14.8. The molecule has 1 aliphatic heterocycles. The molecule has 1 radical (unpaired) electrons. The molecule has 1 amide bonds. The van der Waals surface area contributed by atoms with Crippen LogP contribution in [0, 0.1) is 117 Å². The molecule has 3 aromatic carbocycles. The first-order valence-electron chi connectivity index (χ1n) is 24.0. The number of carbonyl (C=O) groups excluding carboxylic acids is 1. The number of ether oxygens (including phenoxy) is 7. The van der Waals surface area contributed by atoms with Gasteiger partial charge in [-0.2, -0.15) is 0 Å². The van der Waals surface area contributed by atoms with Gasteiger partial charge in [0.15, 0.2) is 75.9 Å². The van der Waals surface area contributed by atoms with Gasteiger partial charge in [0.25, 0.3) is 0 Å². The van der Waals surface area contributed by atoms with Crippen molar-refractivity contribution in [2.75, 3.05) is 52.7 Å². The van der Waals surface area contributed by atoms with Crippen LogP contribution in [-0.2, 0) is 52.9 Å². The van der Waals surface area contributed by atoms with E-state index >= 15 is 8.78 Å². The van der Waals surface area contributed by atoms with Gasteiger partial charge >= 0.3 is 6.09 Å². The van der Waals surface area contributed by atoms with Crippen molar-refractivity contribution >= 4 is 6.09 Å². The highest BCUT2D eigenvalue weighted by Gasteiger charge is 2.45. The molecule has 25 heteroatoms. The average molecular weight is 1110 g/mol. The number of hydrogen-bond acceptors (Lipinski definition) is 9. The summed E-state index contributed by atoms with van der Waals surface area (Å²) in [5.41, 5.74) is -4.96. The molecule has 0 spiro atoms. The molecule has 2 aliphatic carbocycles. The minimum absolute atomic E-state index is 0.0130. The van der Waals surface area contributed by atoms with Gasteiger partial charge in [-0.25, -0.2) is 70.7 Å².